The Labute approximate surface area is 156 Å². The maximum Gasteiger partial charge on any atom is 0.193 e. The number of hydrogen-bond donors (Lipinski definition) is 1. The van der Waals surface area contributed by atoms with Crippen molar-refractivity contribution in [3.63, 3.8) is 0 Å². The van der Waals surface area contributed by atoms with E-state index in [0.29, 0.717) is 22.3 Å². The standard InChI is InChI=1S/C23H17NO3/c25-20-14-23(27-22-9-5-4-8-19(20)22)17-10-12-18(13-11-17)24-15-21(26)16-6-2-1-3-7-16/h1-14,24H,15H2. The zero-order valence-corrected chi connectivity index (χ0v) is 14.5. The van der Waals surface area contributed by atoms with Crippen LogP contribution in [0.5, 0.6) is 0 Å². The van der Waals surface area contributed by atoms with Crippen molar-refractivity contribution in [2.45, 2.75) is 0 Å². The summed E-state index contributed by atoms with van der Waals surface area (Å²) in [6.07, 6.45) is 0. The lowest BCUT2D eigenvalue weighted by molar-refractivity contribution is 0.101. The molecule has 0 saturated carbocycles. The molecule has 0 aliphatic carbocycles. The summed E-state index contributed by atoms with van der Waals surface area (Å²) >= 11 is 0. The van der Waals surface area contributed by atoms with Gasteiger partial charge < -0.3 is 9.73 Å². The van der Waals surface area contributed by atoms with Crippen LogP contribution in [0.15, 0.2) is 94.1 Å². The van der Waals surface area contributed by atoms with Crippen LogP contribution in [0, 0.1) is 0 Å². The predicted molar refractivity (Wildman–Crippen MR) is 107 cm³/mol. The molecule has 27 heavy (non-hydrogen) atoms. The average molecular weight is 355 g/mol. The van der Waals surface area contributed by atoms with Crippen LogP contribution in [0.1, 0.15) is 10.4 Å². The van der Waals surface area contributed by atoms with E-state index in [1.54, 1.807) is 24.3 Å². The number of para-hydroxylation sites is 1. The molecule has 0 amide bonds. The molecule has 0 radical (unpaired) electrons. The number of ketones is 1. The topological polar surface area (TPSA) is 59.3 Å². The third-order valence-electron chi connectivity index (χ3n) is 4.35. The van der Waals surface area contributed by atoms with E-state index in [1.807, 2.05) is 54.6 Å². The molecule has 1 aromatic heterocycles. The Morgan fingerprint density at radius 2 is 1.56 bits per heavy atom. The molecule has 3 aromatic carbocycles. The fourth-order valence-corrected chi connectivity index (χ4v) is 2.91. The van der Waals surface area contributed by atoms with Crippen LogP contribution in [0.25, 0.3) is 22.3 Å². The zero-order chi connectivity index (χ0) is 18.6. The molecule has 0 aliphatic rings. The number of anilines is 1. The molecule has 0 unspecified atom stereocenters. The Morgan fingerprint density at radius 1 is 0.852 bits per heavy atom. The SMILES string of the molecule is O=C(CNc1ccc(-c2cc(=O)c3ccccc3o2)cc1)c1ccccc1. The third-order valence-corrected chi connectivity index (χ3v) is 4.35. The molecule has 132 valence electrons. The number of rotatable bonds is 5. The maximum absolute atomic E-state index is 12.2. The minimum atomic E-state index is -0.0671. The summed E-state index contributed by atoms with van der Waals surface area (Å²) < 4.78 is 5.85. The number of benzene rings is 3. The molecule has 1 heterocycles. The highest BCUT2D eigenvalue weighted by atomic mass is 16.3. The fourth-order valence-electron chi connectivity index (χ4n) is 2.91. The third kappa shape index (κ3) is 3.65. The zero-order valence-electron chi connectivity index (χ0n) is 14.5. The molecule has 0 saturated heterocycles. The second-order valence-electron chi connectivity index (χ2n) is 6.19. The summed E-state index contributed by atoms with van der Waals surface area (Å²) in [6.45, 7) is 0.217. The Hall–Kier alpha value is -3.66. The van der Waals surface area contributed by atoms with Gasteiger partial charge >= 0.3 is 0 Å². The first-order chi connectivity index (χ1) is 13.2. The van der Waals surface area contributed by atoms with Gasteiger partial charge in [0.25, 0.3) is 0 Å². The van der Waals surface area contributed by atoms with Crippen molar-refractivity contribution in [2.24, 2.45) is 0 Å². The molecule has 0 aliphatic heterocycles. The van der Waals surface area contributed by atoms with Crippen LogP contribution in [-0.4, -0.2) is 12.3 Å². The van der Waals surface area contributed by atoms with Gasteiger partial charge in [0.15, 0.2) is 11.2 Å². The predicted octanol–water partition coefficient (Wildman–Crippen LogP) is 4.75. The van der Waals surface area contributed by atoms with Gasteiger partial charge in [0.1, 0.15) is 11.3 Å². The summed E-state index contributed by atoms with van der Waals surface area (Å²) in [4.78, 5) is 24.4. The number of fused-ring (bicyclic) bond motifs is 1. The van der Waals surface area contributed by atoms with E-state index < -0.39 is 0 Å². The molecule has 0 fully saturated rings. The molecule has 0 spiro atoms. The highest BCUT2D eigenvalue weighted by Gasteiger charge is 2.08. The number of Topliss-reactive ketones (excluding diaryl/α,β-unsaturated/α-hetero) is 1. The van der Waals surface area contributed by atoms with E-state index in [4.69, 9.17) is 4.42 Å². The van der Waals surface area contributed by atoms with E-state index in [9.17, 15) is 9.59 Å². The summed E-state index contributed by atoms with van der Waals surface area (Å²) in [5, 5.41) is 3.69. The molecule has 0 bridgehead atoms. The number of carbonyl (C=O) groups is 1. The molecular weight excluding hydrogens is 338 g/mol. The number of nitrogens with one attached hydrogen (secondary N) is 1. The van der Waals surface area contributed by atoms with E-state index >= 15 is 0 Å². The second kappa shape index (κ2) is 7.30. The highest BCUT2D eigenvalue weighted by molar-refractivity contribution is 5.98. The van der Waals surface area contributed by atoms with Crippen molar-refractivity contribution in [3.05, 3.63) is 101 Å². The Bertz CT molecular complexity index is 1150. The van der Waals surface area contributed by atoms with Gasteiger partial charge in [-0.2, -0.15) is 0 Å². The molecule has 4 nitrogen and oxygen atoms in total. The van der Waals surface area contributed by atoms with Crippen LogP contribution in [0.2, 0.25) is 0 Å². The molecule has 4 heteroatoms. The van der Waals surface area contributed by atoms with E-state index in [2.05, 4.69) is 5.32 Å². The lowest BCUT2D eigenvalue weighted by Gasteiger charge is -2.07. The van der Waals surface area contributed by atoms with Crippen LogP contribution >= 0.6 is 0 Å². The quantitative estimate of drug-likeness (QED) is 0.525. The summed E-state index contributed by atoms with van der Waals surface area (Å²) in [5.74, 6) is 0.547. The van der Waals surface area contributed by atoms with Gasteiger partial charge in [0, 0.05) is 22.9 Å². The van der Waals surface area contributed by atoms with Crippen molar-refractivity contribution < 1.29 is 9.21 Å². The van der Waals surface area contributed by atoms with Crippen LogP contribution in [-0.2, 0) is 0 Å². The maximum atomic E-state index is 12.2. The monoisotopic (exact) mass is 355 g/mol. The Kier molecular flexibility index (Phi) is 4.54. The average Bonchev–Trinajstić information content (AvgIpc) is 2.73. The normalized spacial score (nSPS) is 10.7. The van der Waals surface area contributed by atoms with Crippen LogP contribution in [0.4, 0.5) is 5.69 Å². The van der Waals surface area contributed by atoms with Gasteiger partial charge in [-0.25, -0.2) is 0 Å². The van der Waals surface area contributed by atoms with Gasteiger partial charge in [0.05, 0.1) is 11.9 Å². The first kappa shape index (κ1) is 16.8. The van der Waals surface area contributed by atoms with E-state index in [-0.39, 0.29) is 17.8 Å². The first-order valence-electron chi connectivity index (χ1n) is 8.66. The lowest BCUT2D eigenvalue weighted by atomic mass is 10.1. The van der Waals surface area contributed by atoms with Gasteiger partial charge in [-0.1, -0.05) is 42.5 Å². The molecule has 4 aromatic rings. The molecule has 1 N–H and O–H groups in total. The van der Waals surface area contributed by atoms with Crippen molar-refractivity contribution >= 4 is 22.4 Å². The molecule has 0 atom stereocenters. The first-order valence-corrected chi connectivity index (χ1v) is 8.66. The van der Waals surface area contributed by atoms with Crippen molar-refractivity contribution in [1.29, 1.82) is 0 Å². The van der Waals surface area contributed by atoms with Gasteiger partial charge in [-0.05, 0) is 36.4 Å². The Balaban J connectivity index is 1.51. The molecular formula is C23H17NO3. The smallest absolute Gasteiger partial charge is 0.193 e. The summed E-state index contributed by atoms with van der Waals surface area (Å²) in [5.41, 5.74) is 2.81. The van der Waals surface area contributed by atoms with Gasteiger partial charge in [-0.15, -0.1) is 0 Å². The fraction of sp³-hybridized carbons (Fsp3) is 0.0435. The van der Waals surface area contributed by atoms with Crippen molar-refractivity contribution in [2.75, 3.05) is 11.9 Å². The lowest BCUT2D eigenvalue weighted by Crippen LogP contribution is -2.13. The number of hydrogen-bond acceptors (Lipinski definition) is 4. The highest BCUT2D eigenvalue weighted by Crippen LogP contribution is 2.23. The Morgan fingerprint density at radius 3 is 2.33 bits per heavy atom. The summed E-state index contributed by atoms with van der Waals surface area (Å²) in [6, 6.07) is 25.3. The minimum Gasteiger partial charge on any atom is -0.456 e. The van der Waals surface area contributed by atoms with E-state index in [0.717, 1.165) is 11.3 Å². The van der Waals surface area contributed by atoms with E-state index in [1.165, 1.54) is 6.07 Å². The van der Waals surface area contributed by atoms with Crippen LogP contribution in [0.3, 0.4) is 0 Å². The van der Waals surface area contributed by atoms with Gasteiger partial charge in [0.2, 0.25) is 0 Å². The second-order valence-corrected chi connectivity index (χ2v) is 6.19. The van der Waals surface area contributed by atoms with Crippen molar-refractivity contribution in [3.8, 4) is 11.3 Å². The largest absolute Gasteiger partial charge is 0.456 e. The minimum absolute atomic E-state index is 0.0280. The van der Waals surface area contributed by atoms with Crippen LogP contribution < -0.4 is 10.7 Å². The number of carbonyl (C=O) groups excluding carboxylic acids is 1. The molecule has 4 rings (SSSR count). The van der Waals surface area contributed by atoms with Gasteiger partial charge in [-0.3, -0.25) is 9.59 Å². The van der Waals surface area contributed by atoms with Crippen molar-refractivity contribution in [1.82, 2.24) is 0 Å². The summed E-state index contributed by atoms with van der Waals surface area (Å²) in [7, 11) is 0.